The summed E-state index contributed by atoms with van der Waals surface area (Å²) in [6.07, 6.45) is 4.01. The van der Waals surface area contributed by atoms with Crippen molar-refractivity contribution in [2.45, 2.75) is 25.0 Å². The van der Waals surface area contributed by atoms with Gasteiger partial charge in [-0.3, -0.25) is 0 Å². The van der Waals surface area contributed by atoms with Gasteiger partial charge in [0.25, 0.3) is 0 Å². The van der Waals surface area contributed by atoms with Crippen LogP contribution in [0.15, 0.2) is 0 Å². The Balaban J connectivity index is 1.69. The van der Waals surface area contributed by atoms with E-state index >= 15 is 0 Å². The van der Waals surface area contributed by atoms with Crippen molar-refractivity contribution in [1.29, 1.82) is 0 Å². The first-order chi connectivity index (χ1) is 4.95. The SMILES string of the molecule is C1CC1C(C1CO1)C1CO1. The molecule has 0 spiro atoms. The molecule has 2 heteroatoms. The van der Waals surface area contributed by atoms with Gasteiger partial charge in [-0.15, -0.1) is 0 Å². The van der Waals surface area contributed by atoms with Crippen LogP contribution in [-0.2, 0) is 9.47 Å². The largest absolute Gasteiger partial charge is 0.373 e. The molecule has 0 radical (unpaired) electrons. The zero-order chi connectivity index (χ0) is 6.55. The van der Waals surface area contributed by atoms with Gasteiger partial charge in [0, 0.05) is 5.92 Å². The Morgan fingerprint density at radius 1 is 1.00 bits per heavy atom. The highest BCUT2D eigenvalue weighted by molar-refractivity contribution is 4.98. The summed E-state index contributed by atoms with van der Waals surface area (Å²) >= 11 is 0. The van der Waals surface area contributed by atoms with E-state index in [1.54, 1.807) is 0 Å². The summed E-state index contributed by atoms with van der Waals surface area (Å²) in [5, 5.41) is 0. The zero-order valence-corrected chi connectivity index (χ0v) is 5.95. The molecule has 0 aromatic heterocycles. The zero-order valence-electron chi connectivity index (χ0n) is 5.95. The third-order valence-corrected chi connectivity index (χ3v) is 2.74. The molecule has 3 aliphatic rings. The summed E-state index contributed by atoms with van der Waals surface area (Å²) in [6, 6.07) is 0. The number of hydrogen-bond donors (Lipinski definition) is 0. The normalized spacial score (nSPS) is 46.8. The van der Waals surface area contributed by atoms with Gasteiger partial charge in [0.2, 0.25) is 0 Å². The minimum Gasteiger partial charge on any atom is -0.373 e. The molecular formula is C8H12O2. The summed E-state index contributed by atoms with van der Waals surface area (Å²) in [5.41, 5.74) is 0. The molecule has 3 fully saturated rings. The van der Waals surface area contributed by atoms with Crippen molar-refractivity contribution in [3.05, 3.63) is 0 Å². The second-order valence-electron chi connectivity index (χ2n) is 3.66. The molecule has 0 aromatic rings. The van der Waals surface area contributed by atoms with Gasteiger partial charge < -0.3 is 9.47 Å². The Morgan fingerprint density at radius 3 is 1.80 bits per heavy atom. The van der Waals surface area contributed by atoms with Crippen molar-refractivity contribution < 1.29 is 9.47 Å². The Bertz CT molecular complexity index is 117. The minimum absolute atomic E-state index is 0.583. The van der Waals surface area contributed by atoms with Gasteiger partial charge in [0.05, 0.1) is 25.4 Å². The van der Waals surface area contributed by atoms with Crippen molar-refractivity contribution in [1.82, 2.24) is 0 Å². The van der Waals surface area contributed by atoms with E-state index in [1.807, 2.05) is 0 Å². The lowest BCUT2D eigenvalue weighted by atomic mass is 9.97. The molecule has 2 atom stereocenters. The van der Waals surface area contributed by atoms with Crippen LogP contribution in [0.3, 0.4) is 0 Å². The summed E-state index contributed by atoms with van der Waals surface area (Å²) in [7, 11) is 0. The molecule has 2 heterocycles. The van der Waals surface area contributed by atoms with Crippen LogP contribution in [0.4, 0.5) is 0 Å². The van der Waals surface area contributed by atoms with Crippen LogP contribution in [0.5, 0.6) is 0 Å². The van der Waals surface area contributed by atoms with E-state index in [0.29, 0.717) is 12.2 Å². The van der Waals surface area contributed by atoms with Crippen LogP contribution in [0.1, 0.15) is 12.8 Å². The molecule has 2 nitrogen and oxygen atoms in total. The predicted molar refractivity (Wildman–Crippen MR) is 35.7 cm³/mol. The van der Waals surface area contributed by atoms with E-state index in [-0.39, 0.29) is 0 Å². The predicted octanol–water partition coefficient (Wildman–Crippen LogP) is 0.810. The number of rotatable bonds is 3. The molecule has 0 bridgehead atoms. The van der Waals surface area contributed by atoms with Crippen molar-refractivity contribution in [3.8, 4) is 0 Å². The average Bonchev–Trinajstić information content (AvgIpc) is 2.78. The fourth-order valence-electron chi connectivity index (χ4n) is 1.88. The van der Waals surface area contributed by atoms with E-state index in [1.165, 1.54) is 12.8 Å². The highest BCUT2D eigenvalue weighted by Crippen LogP contribution is 2.47. The third kappa shape index (κ3) is 0.867. The summed E-state index contributed by atoms with van der Waals surface area (Å²) in [5.74, 6) is 1.74. The maximum Gasteiger partial charge on any atom is 0.0866 e. The molecule has 2 saturated heterocycles. The molecule has 1 aliphatic carbocycles. The minimum atomic E-state index is 0.583. The number of epoxide rings is 2. The molecule has 2 aliphatic heterocycles. The number of hydrogen-bond acceptors (Lipinski definition) is 2. The van der Waals surface area contributed by atoms with Gasteiger partial charge in [-0.2, -0.15) is 0 Å². The van der Waals surface area contributed by atoms with Crippen molar-refractivity contribution in [3.63, 3.8) is 0 Å². The lowest BCUT2D eigenvalue weighted by Crippen LogP contribution is -2.17. The van der Waals surface area contributed by atoms with Crippen LogP contribution in [-0.4, -0.2) is 25.4 Å². The summed E-state index contributed by atoms with van der Waals surface area (Å²) in [6.45, 7) is 2.00. The molecule has 2 unspecified atom stereocenters. The van der Waals surface area contributed by atoms with E-state index in [0.717, 1.165) is 25.0 Å². The van der Waals surface area contributed by atoms with E-state index < -0.39 is 0 Å². The van der Waals surface area contributed by atoms with Gasteiger partial charge in [-0.05, 0) is 18.8 Å². The smallest absolute Gasteiger partial charge is 0.0866 e. The van der Waals surface area contributed by atoms with Gasteiger partial charge >= 0.3 is 0 Å². The van der Waals surface area contributed by atoms with Crippen LogP contribution >= 0.6 is 0 Å². The molecule has 0 amide bonds. The molecule has 1 saturated carbocycles. The third-order valence-electron chi connectivity index (χ3n) is 2.74. The van der Waals surface area contributed by atoms with Gasteiger partial charge in [-0.1, -0.05) is 0 Å². The molecule has 3 rings (SSSR count). The maximum absolute atomic E-state index is 5.29. The fraction of sp³-hybridized carbons (Fsp3) is 1.00. The topological polar surface area (TPSA) is 25.1 Å². The Morgan fingerprint density at radius 2 is 1.50 bits per heavy atom. The fourth-order valence-corrected chi connectivity index (χ4v) is 1.88. The van der Waals surface area contributed by atoms with E-state index in [4.69, 9.17) is 9.47 Å². The monoisotopic (exact) mass is 140 g/mol. The Labute approximate surface area is 60.5 Å². The van der Waals surface area contributed by atoms with Crippen molar-refractivity contribution in [2.24, 2.45) is 11.8 Å². The van der Waals surface area contributed by atoms with Gasteiger partial charge in [0.1, 0.15) is 0 Å². The van der Waals surface area contributed by atoms with Crippen molar-refractivity contribution >= 4 is 0 Å². The first kappa shape index (κ1) is 5.56. The molecule has 0 aromatic carbocycles. The molecule has 10 heavy (non-hydrogen) atoms. The Kier molecular flexibility index (Phi) is 0.968. The van der Waals surface area contributed by atoms with Gasteiger partial charge in [0.15, 0.2) is 0 Å². The second-order valence-corrected chi connectivity index (χ2v) is 3.66. The summed E-state index contributed by atoms with van der Waals surface area (Å²) in [4.78, 5) is 0. The first-order valence-electron chi connectivity index (χ1n) is 4.18. The number of ether oxygens (including phenoxy) is 2. The van der Waals surface area contributed by atoms with Crippen LogP contribution in [0, 0.1) is 11.8 Å². The van der Waals surface area contributed by atoms with Crippen molar-refractivity contribution in [2.75, 3.05) is 13.2 Å². The Hall–Kier alpha value is -0.0800. The maximum atomic E-state index is 5.29. The highest BCUT2D eigenvalue weighted by Gasteiger charge is 2.51. The average molecular weight is 140 g/mol. The lowest BCUT2D eigenvalue weighted by Gasteiger charge is -2.07. The second kappa shape index (κ2) is 1.74. The first-order valence-corrected chi connectivity index (χ1v) is 4.18. The van der Waals surface area contributed by atoms with E-state index in [9.17, 15) is 0 Å². The molecule has 0 N–H and O–H groups in total. The quantitative estimate of drug-likeness (QED) is 0.542. The van der Waals surface area contributed by atoms with E-state index in [2.05, 4.69) is 0 Å². The molecule has 56 valence electrons. The van der Waals surface area contributed by atoms with Crippen LogP contribution in [0.2, 0.25) is 0 Å². The van der Waals surface area contributed by atoms with Crippen LogP contribution < -0.4 is 0 Å². The highest BCUT2D eigenvalue weighted by atomic mass is 16.6. The lowest BCUT2D eigenvalue weighted by molar-refractivity contribution is 0.241. The van der Waals surface area contributed by atoms with Gasteiger partial charge in [-0.25, -0.2) is 0 Å². The molecular weight excluding hydrogens is 128 g/mol. The standard InChI is InChI=1S/C8H12O2/c1-2-5(1)8(6-3-9-6)7-4-10-7/h5-8H,1-4H2. The van der Waals surface area contributed by atoms with Crippen LogP contribution in [0.25, 0.3) is 0 Å². The summed E-state index contributed by atoms with van der Waals surface area (Å²) < 4.78 is 10.6.